The summed E-state index contributed by atoms with van der Waals surface area (Å²) in [5, 5.41) is 4.19. The van der Waals surface area contributed by atoms with Gasteiger partial charge in [0.1, 0.15) is 11.5 Å². The number of ether oxygens (including phenoxy) is 2. The molecular weight excluding hydrogens is 370 g/mol. The van der Waals surface area contributed by atoms with Crippen LogP contribution in [-0.4, -0.2) is 48.3 Å². The van der Waals surface area contributed by atoms with Crippen LogP contribution in [0.15, 0.2) is 53.1 Å². The molecule has 1 aromatic heterocycles. The third-order valence-electron chi connectivity index (χ3n) is 5.19. The summed E-state index contributed by atoms with van der Waals surface area (Å²) in [4.78, 5) is 19.5. The van der Waals surface area contributed by atoms with Crippen molar-refractivity contribution in [2.24, 2.45) is 0 Å². The van der Waals surface area contributed by atoms with Crippen LogP contribution in [0, 0.1) is 0 Å². The van der Waals surface area contributed by atoms with Gasteiger partial charge in [0, 0.05) is 19.0 Å². The average Bonchev–Trinajstić information content (AvgIpc) is 3.29. The number of aromatic nitrogens is 2. The summed E-state index contributed by atoms with van der Waals surface area (Å²) in [5.74, 6) is 2.28. The fourth-order valence-corrected chi connectivity index (χ4v) is 3.70. The molecule has 4 rings (SSSR count). The lowest BCUT2D eigenvalue weighted by Gasteiger charge is -2.31. The van der Waals surface area contributed by atoms with Gasteiger partial charge in [0.05, 0.1) is 25.3 Å². The van der Waals surface area contributed by atoms with Crippen molar-refractivity contribution in [1.29, 1.82) is 0 Å². The first-order chi connectivity index (χ1) is 14.2. The van der Waals surface area contributed by atoms with E-state index in [-0.39, 0.29) is 11.8 Å². The summed E-state index contributed by atoms with van der Waals surface area (Å²) >= 11 is 0. The van der Waals surface area contributed by atoms with Gasteiger partial charge in [-0.3, -0.25) is 4.79 Å². The Balaban J connectivity index is 1.53. The van der Waals surface area contributed by atoms with Crippen molar-refractivity contribution < 1.29 is 18.8 Å². The van der Waals surface area contributed by atoms with Crippen LogP contribution in [-0.2, 0) is 0 Å². The highest BCUT2D eigenvalue weighted by molar-refractivity contribution is 5.97. The maximum Gasteiger partial charge on any atom is 0.261 e. The predicted octanol–water partition coefficient (Wildman–Crippen LogP) is 3.77. The largest absolute Gasteiger partial charge is 0.496 e. The maximum absolute atomic E-state index is 13.0. The fourth-order valence-electron chi connectivity index (χ4n) is 3.70. The van der Waals surface area contributed by atoms with Crippen molar-refractivity contribution in [3.63, 3.8) is 0 Å². The quantitative estimate of drug-likeness (QED) is 0.657. The van der Waals surface area contributed by atoms with Crippen molar-refractivity contribution in [3.8, 4) is 23.0 Å². The Labute approximate surface area is 169 Å². The van der Waals surface area contributed by atoms with E-state index in [0.29, 0.717) is 41.9 Å². The van der Waals surface area contributed by atoms with E-state index in [9.17, 15) is 4.79 Å². The minimum absolute atomic E-state index is 0.0228. The standard InChI is InChI=1S/C22H23N3O4/c1-27-18-11-5-3-9-16(18)21-23-20(24-29-21)15-8-7-13-25(14-15)22(26)17-10-4-6-12-19(17)28-2/h3-6,9-12,15H,7-8,13-14H2,1-2H3/t15-/m1/s1. The van der Waals surface area contributed by atoms with Gasteiger partial charge in [-0.2, -0.15) is 4.98 Å². The zero-order chi connectivity index (χ0) is 20.2. The van der Waals surface area contributed by atoms with Gasteiger partial charge >= 0.3 is 0 Å². The Kier molecular flexibility index (Phi) is 5.46. The number of hydrogen-bond acceptors (Lipinski definition) is 6. The SMILES string of the molecule is COc1ccccc1C(=O)N1CCC[C@@H](c2noc(-c3ccccc3OC)n2)C1. The Hall–Kier alpha value is -3.35. The number of carbonyl (C=O) groups is 1. The molecule has 1 fully saturated rings. The smallest absolute Gasteiger partial charge is 0.261 e. The number of para-hydroxylation sites is 2. The molecule has 1 atom stereocenters. The fraction of sp³-hybridized carbons (Fsp3) is 0.318. The van der Waals surface area contributed by atoms with Gasteiger partial charge in [-0.25, -0.2) is 0 Å². The number of carbonyl (C=O) groups excluding carboxylic acids is 1. The molecule has 1 amide bonds. The summed E-state index contributed by atoms with van der Waals surface area (Å²) in [6.45, 7) is 1.24. The van der Waals surface area contributed by atoms with E-state index in [2.05, 4.69) is 10.1 Å². The highest BCUT2D eigenvalue weighted by atomic mass is 16.5. The van der Waals surface area contributed by atoms with Gasteiger partial charge in [0.25, 0.3) is 11.8 Å². The van der Waals surface area contributed by atoms with Gasteiger partial charge in [-0.05, 0) is 37.1 Å². The molecule has 1 aliphatic rings. The summed E-state index contributed by atoms with van der Waals surface area (Å²) in [5.41, 5.74) is 1.32. The van der Waals surface area contributed by atoms with Gasteiger partial charge in [-0.1, -0.05) is 29.4 Å². The topological polar surface area (TPSA) is 77.7 Å². The van der Waals surface area contributed by atoms with Crippen LogP contribution in [0.2, 0.25) is 0 Å². The Morgan fingerprint density at radius 2 is 1.79 bits per heavy atom. The minimum Gasteiger partial charge on any atom is -0.496 e. The van der Waals surface area contributed by atoms with E-state index in [4.69, 9.17) is 14.0 Å². The molecule has 1 saturated heterocycles. The van der Waals surface area contributed by atoms with Crippen LogP contribution >= 0.6 is 0 Å². The lowest BCUT2D eigenvalue weighted by molar-refractivity contribution is 0.0700. The zero-order valence-electron chi connectivity index (χ0n) is 16.5. The number of benzene rings is 2. The lowest BCUT2D eigenvalue weighted by Crippen LogP contribution is -2.39. The third-order valence-corrected chi connectivity index (χ3v) is 5.19. The molecule has 0 bridgehead atoms. The minimum atomic E-state index is -0.0411. The second-order valence-electron chi connectivity index (χ2n) is 6.95. The van der Waals surface area contributed by atoms with Crippen LogP contribution in [0.3, 0.4) is 0 Å². The zero-order valence-corrected chi connectivity index (χ0v) is 16.5. The predicted molar refractivity (Wildman–Crippen MR) is 107 cm³/mol. The van der Waals surface area contributed by atoms with E-state index in [1.54, 1.807) is 26.4 Å². The Morgan fingerprint density at radius 1 is 1.07 bits per heavy atom. The number of piperidine rings is 1. The first kappa shape index (κ1) is 19.0. The highest BCUT2D eigenvalue weighted by Gasteiger charge is 2.30. The highest BCUT2D eigenvalue weighted by Crippen LogP contribution is 2.32. The van der Waals surface area contributed by atoms with E-state index >= 15 is 0 Å². The molecule has 7 nitrogen and oxygen atoms in total. The van der Waals surface area contributed by atoms with Crippen molar-refractivity contribution in [2.75, 3.05) is 27.3 Å². The monoisotopic (exact) mass is 393 g/mol. The van der Waals surface area contributed by atoms with Crippen molar-refractivity contribution in [3.05, 3.63) is 59.9 Å². The maximum atomic E-state index is 13.0. The molecular formula is C22H23N3O4. The molecule has 0 unspecified atom stereocenters. The molecule has 0 aliphatic carbocycles. The average molecular weight is 393 g/mol. The van der Waals surface area contributed by atoms with Crippen LogP contribution in [0.4, 0.5) is 0 Å². The lowest BCUT2D eigenvalue weighted by atomic mass is 9.96. The van der Waals surface area contributed by atoms with Gasteiger partial charge in [-0.15, -0.1) is 0 Å². The second kappa shape index (κ2) is 8.34. The van der Waals surface area contributed by atoms with E-state index < -0.39 is 0 Å². The van der Waals surface area contributed by atoms with Gasteiger partial charge in [0.15, 0.2) is 5.82 Å². The van der Waals surface area contributed by atoms with Gasteiger partial charge < -0.3 is 18.9 Å². The third kappa shape index (κ3) is 3.81. The molecule has 2 heterocycles. The Morgan fingerprint density at radius 3 is 2.59 bits per heavy atom. The number of likely N-dealkylation sites (tertiary alicyclic amines) is 1. The normalized spacial score (nSPS) is 16.5. The van der Waals surface area contributed by atoms with Crippen LogP contribution in [0.25, 0.3) is 11.5 Å². The molecule has 29 heavy (non-hydrogen) atoms. The van der Waals surface area contributed by atoms with Crippen molar-refractivity contribution in [1.82, 2.24) is 15.0 Å². The number of methoxy groups -OCH3 is 2. The molecule has 1 aliphatic heterocycles. The molecule has 0 N–H and O–H groups in total. The van der Waals surface area contributed by atoms with Crippen molar-refractivity contribution in [2.45, 2.75) is 18.8 Å². The summed E-state index contributed by atoms with van der Waals surface area (Å²) in [6, 6.07) is 14.8. The van der Waals surface area contributed by atoms with Crippen LogP contribution in [0.1, 0.15) is 34.9 Å². The number of amides is 1. The molecule has 0 spiro atoms. The first-order valence-electron chi connectivity index (χ1n) is 9.60. The number of hydrogen-bond donors (Lipinski definition) is 0. The van der Waals surface area contributed by atoms with E-state index in [1.165, 1.54) is 0 Å². The van der Waals surface area contributed by atoms with Crippen LogP contribution in [0.5, 0.6) is 11.5 Å². The molecule has 7 heteroatoms. The molecule has 0 radical (unpaired) electrons. The molecule has 2 aromatic carbocycles. The van der Waals surface area contributed by atoms with E-state index in [0.717, 1.165) is 18.4 Å². The van der Waals surface area contributed by atoms with Crippen molar-refractivity contribution >= 4 is 5.91 Å². The summed E-state index contributed by atoms with van der Waals surface area (Å²) in [7, 11) is 3.18. The van der Waals surface area contributed by atoms with E-state index in [1.807, 2.05) is 41.3 Å². The molecule has 0 saturated carbocycles. The number of nitrogens with zero attached hydrogens (tertiary/aromatic N) is 3. The molecule has 3 aromatic rings. The second-order valence-corrected chi connectivity index (χ2v) is 6.95. The van der Waals surface area contributed by atoms with Gasteiger partial charge in [0.2, 0.25) is 0 Å². The molecule has 150 valence electrons. The first-order valence-corrected chi connectivity index (χ1v) is 9.60. The van der Waals surface area contributed by atoms with Crippen LogP contribution < -0.4 is 9.47 Å². The summed E-state index contributed by atoms with van der Waals surface area (Å²) < 4.78 is 16.2. The Bertz CT molecular complexity index is 1000. The number of rotatable bonds is 5. The summed E-state index contributed by atoms with van der Waals surface area (Å²) in [6.07, 6.45) is 1.78.